The van der Waals surface area contributed by atoms with Gasteiger partial charge in [0.2, 0.25) is 5.91 Å². The Balaban J connectivity index is 1.25. The van der Waals surface area contributed by atoms with Gasteiger partial charge in [-0.25, -0.2) is 0 Å². The van der Waals surface area contributed by atoms with E-state index >= 15 is 0 Å². The lowest BCUT2D eigenvalue weighted by atomic mass is 9.79. The first-order valence-electron chi connectivity index (χ1n) is 10.6. The van der Waals surface area contributed by atoms with Crippen molar-refractivity contribution in [3.63, 3.8) is 0 Å². The normalized spacial score (nSPS) is 32.6. The summed E-state index contributed by atoms with van der Waals surface area (Å²) in [4.78, 5) is 22.5. The molecule has 142 valence electrons. The SMILES string of the molecule is CCN1CCN(CC(=O)N2CCC3(CCCN(CC4CC4)C3)C2)CC1. The van der Waals surface area contributed by atoms with Crippen molar-refractivity contribution in [2.75, 3.05) is 72.0 Å². The zero-order valence-electron chi connectivity index (χ0n) is 16.1. The van der Waals surface area contributed by atoms with Crippen molar-refractivity contribution in [1.29, 1.82) is 0 Å². The molecule has 1 atom stereocenters. The van der Waals surface area contributed by atoms with Gasteiger partial charge in [-0.15, -0.1) is 0 Å². The van der Waals surface area contributed by atoms with Crippen LogP contribution in [-0.2, 0) is 4.79 Å². The molecule has 0 bridgehead atoms. The molecule has 1 unspecified atom stereocenters. The Morgan fingerprint density at radius 2 is 1.68 bits per heavy atom. The van der Waals surface area contributed by atoms with E-state index in [9.17, 15) is 4.79 Å². The molecule has 1 saturated carbocycles. The van der Waals surface area contributed by atoms with Crippen molar-refractivity contribution >= 4 is 5.91 Å². The van der Waals surface area contributed by atoms with Crippen molar-refractivity contribution < 1.29 is 4.79 Å². The maximum atomic E-state index is 12.8. The highest BCUT2D eigenvalue weighted by Gasteiger charge is 2.43. The van der Waals surface area contributed by atoms with Gasteiger partial charge in [0.1, 0.15) is 0 Å². The van der Waals surface area contributed by atoms with Gasteiger partial charge in [0, 0.05) is 57.8 Å². The zero-order valence-corrected chi connectivity index (χ0v) is 16.1. The average molecular weight is 349 g/mol. The second-order valence-corrected chi connectivity index (χ2v) is 9.06. The van der Waals surface area contributed by atoms with Gasteiger partial charge in [-0.3, -0.25) is 9.69 Å². The Bertz CT molecular complexity index is 472. The highest BCUT2D eigenvalue weighted by molar-refractivity contribution is 5.78. The number of carbonyl (C=O) groups excluding carboxylic acids is 1. The van der Waals surface area contributed by atoms with Crippen LogP contribution in [0.3, 0.4) is 0 Å². The molecule has 1 aliphatic carbocycles. The van der Waals surface area contributed by atoms with E-state index in [1.807, 2.05) is 0 Å². The minimum absolute atomic E-state index is 0.376. The molecule has 4 rings (SSSR count). The van der Waals surface area contributed by atoms with Gasteiger partial charge in [0.25, 0.3) is 0 Å². The Kier molecular flexibility index (Phi) is 5.35. The number of carbonyl (C=O) groups is 1. The van der Waals surface area contributed by atoms with E-state index in [0.717, 1.165) is 51.7 Å². The minimum Gasteiger partial charge on any atom is -0.341 e. The van der Waals surface area contributed by atoms with Gasteiger partial charge in [0.15, 0.2) is 0 Å². The van der Waals surface area contributed by atoms with E-state index < -0.39 is 0 Å². The molecule has 5 heteroatoms. The second kappa shape index (κ2) is 7.53. The first-order valence-corrected chi connectivity index (χ1v) is 10.6. The van der Waals surface area contributed by atoms with Crippen LogP contribution in [0.15, 0.2) is 0 Å². The molecule has 4 aliphatic rings. The third-order valence-corrected chi connectivity index (χ3v) is 7.02. The van der Waals surface area contributed by atoms with E-state index in [1.165, 1.54) is 51.7 Å². The standard InChI is InChI=1S/C20H36N4O/c1-2-21-10-12-22(13-11-21)15-19(25)24-9-7-20(17-24)6-3-8-23(16-20)14-18-4-5-18/h18H,2-17H2,1H3. The van der Waals surface area contributed by atoms with Crippen LogP contribution in [0, 0.1) is 11.3 Å². The van der Waals surface area contributed by atoms with E-state index in [-0.39, 0.29) is 0 Å². The molecule has 0 aromatic carbocycles. The van der Waals surface area contributed by atoms with Crippen molar-refractivity contribution in [3.8, 4) is 0 Å². The first kappa shape index (κ1) is 17.7. The number of likely N-dealkylation sites (tertiary alicyclic amines) is 2. The fraction of sp³-hybridized carbons (Fsp3) is 0.950. The summed E-state index contributed by atoms with van der Waals surface area (Å²) in [5, 5.41) is 0. The highest BCUT2D eigenvalue weighted by atomic mass is 16.2. The average Bonchev–Trinajstić information content (AvgIpc) is 3.35. The number of piperidine rings is 1. The van der Waals surface area contributed by atoms with Gasteiger partial charge in [-0.2, -0.15) is 0 Å². The first-order chi connectivity index (χ1) is 12.2. The number of likely N-dealkylation sites (N-methyl/N-ethyl adjacent to an activating group) is 1. The Morgan fingerprint density at radius 1 is 0.920 bits per heavy atom. The fourth-order valence-corrected chi connectivity index (χ4v) is 5.17. The molecule has 4 fully saturated rings. The smallest absolute Gasteiger partial charge is 0.236 e. The Morgan fingerprint density at radius 3 is 2.40 bits per heavy atom. The number of rotatable bonds is 5. The maximum absolute atomic E-state index is 12.8. The molecule has 0 N–H and O–H groups in total. The van der Waals surface area contributed by atoms with Crippen LogP contribution in [0.2, 0.25) is 0 Å². The molecular weight excluding hydrogens is 312 g/mol. The number of nitrogens with zero attached hydrogens (tertiary/aromatic N) is 4. The van der Waals surface area contributed by atoms with Crippen LogP contribution in [-0.4, -0.2) is 97.5 Å². The lowest BCUT2D eigenvalue weighted by Crippen LogP contribution is -2.50. The molecule has 3 heterocycles. The zero-order chi connectivity index (χ0) is 17.3. The summed E-state index contributed by atoms with van der Waals surface area (Å²) in [6.45, 7) is 14.2. The number of hydrogen-bond donors (Lipinski definition) is 0. The van der Waals surface area contributed by atoms with Crippen LogP contribution in [0.1, 0.15) is 39.0 Å². The lowest BCUT2D eigenvalue weighted by Gasteiger charge is -2.40. The predicted molar refractivity (Wildman–Crippen MR) is 101 cm³/mol. The van der Waals surface area contributed by atoms with E-state index in [4.69, 9.17) is 0 Å². The maximum Gasteiger partial charge on any atom is 0.236 e. The third-order valence-electron chi connectivity index (χ3n) is 7.02. The third kappa shape index (κ3) is 4.37. The minimum atomic E-state index is 0.376. The Hall–Kier alpha value is -0.650. The Labute approximate surface area is 153 Å². The number of hydrogen-bond acceptors (Lipinski definition) is 4. The largest absolute Gasteiger partial charge is 0.341 e. The molecule has 0 radical (unpaired) electrons. The molecule has 5 nitrogen and oxygen atoms in total. The van der Waals surface area contributed by atoms with Crippen LogP contribution in [0.4, 0.5) is 0 Å². The van der Waals surface area contributed by atoms with Gasteiger partial charge in [-0.1, -0.05) is 6.92 Å². The van der Waals surface area contributed by atoms with E-state index in [0.29, 0.717) is 17.9 Å². The predicted octanol–water partition coefficient (Wildman–Crippen LogP) is 1.35. The summed E-state index contributed by atoms with van der Waals surface area (Å²) in [5.41, 5.74) is 0.406. The molecule has 3 saturated heterocycles. The van der Waals surface area contributed by atoms with Crippen LogP contribution in [0.5, 0.6) is 0 Å². The van der Waals surface area contributed by atoms with Crippen molar-refractivity contribution in [2.24, 2.45) is 11.3 Å². The number of amides is 1. The van der Waals surface area contributed by atoms with Crippen molar-refractivity contribution in [3.05, 3.63) is 0 Å². The summed E-state index contributed by atoms with van der Waals surface area (Å²) < 4.78 is 0. The molecule has 1 amide bonds. The molecule has 0 aromatic heterocycles. The van der Waals surface area contributed by atoms with Gasteiger partial charge in [-0.05, 0) is 51.1 Å². The topological polar surface area (TPSA) is 30.0 Å². The molecule has 3 aliphatic heterocycles. The van der Waals surface area contributed by atoms with Gasteiger partial charge in [0.05, 0.1) is 6.54 Å². The van der Waals surface area contributed by atoms with E-state index in [2.05, 4.69) is 26.5 Å². The van der Waals surface area contributed by atoms with Crippen LogP contribution < -0.4 is 0 Å². The van der Waals surface area contributed by atoms with Crippen molar-refractivity contribution in [2.45, 2.75) is 39.0 Å². The number of piperazine rings is 1. The molecular formula is C20H36N4O. The summed E-state index contributed by atoms with van der Waals surface area (Å²) >= 11 is 0. The molecule has 25 heavy (non-hydrogen) atoms. The quantitative estimate of drug-likeness (QED) is 0.750. The fourth-order valence-electron chi connectivity index (χ4n) is 5.17. The van der Waals surface area contributed by atoms with Gasteiger partial charge < -0.3 is 14.7 Å². The second-order valence-electron chi connectivity index (χ2n) is 9.06. The summed E-state index contributed by atoms with van der Waals surface area (Å²) in [6, 6.07) is 0. The van der Waals surface area contributed by atoms with Gasteiger partial charge >= 0.3 is 0 Å². The van der Waals surface area contributed by atoms with Crippen LogP contribution in [0.25, 0.3) is 0 Å². The summed E-state index contributed by atoms with van der Waals surface area (Å²) in [7, 11) is 0. The van der Waals surface area contributed by atoms with Crippen molar-refractivity contribution in [1.82, 2.24) is 19.6 Å². The summed E-state index contributed by atoms with van der Waals surface area (Å²) in [6.07, 6.45) is 6.77. The molecule has 0 aromatic rings. The van der Waals surface area contributed by atoms with Crippen LogP contribution >= 0.6 is 0 Å². The monoisotopic (exact) mass is 348 g/mol. The lowest BCUT2D eigenvalue weighted by molar-refractivity contribution is -0.132. The molecule has 1 spiro atoms. The van der Waals surface area contributed by atoms with E-state index in [1.54, 1.807) is 0 Å². The summed E-state index contributed by atoms with van der Waals surface area (Å²) in [5.74, 6) is 1.36. The highest BCUT2D eigenvalue weighted by Crippen LogP contribution is 2.40.